The van der Waals surface area contributed by atoms with Gasteiger partial charge >= 0.3 is 5.97 Å². The SMILES string of the molecule is O=C(O)C=Cc1c(Cl)cccc1N1CCN(C2CC2)CC1. The molecule has 1 N–H and O–H groups in total. The number of piperazine rings is 1. The van der Waals surface area contributed by atoms with Crippen LogP contribution < -0.4 is 4.90 Å². The van der Waals surface area contributed by atoms with E-state index < -0.39 is 5.97 Å². The Labute approximate surface area is 129 Å². The molecule has 0 amide bonds. The number of hydrogen-bond acceptors (Lipinski definition) is 3. The van der Waals surface area contributed by atoms with Gasteiger partial charge in [0.25, 0.3) is 0 Å². The Hall–Kier alpha value is -1.52. The molecular formula is C16H19ClN2O2. The van der Waals surface area contributed by atoms with Crippen LogP contribution in [0.4, 0.5) is 5.69 Å². The Balaban J connectivity index is 1.78. The number of hydrogen-bond donors (Lipinski definition) is 1. The van der Waals surface area contributed by atoms with Crippen molar-refractivity contribution in [2.75, 3.05) is 31.1 Å². The van der Waals surface area contributed by atoms with Gasteiger partial charge in [-0.05, 0) is 31.1 Å². The van der Waals surface area contributed by atoms with E-state index in [0.717, 1.165) is 49.5 Å². The molecule has 0 spiro atoms. The molecule has 4 nitrogen and oxygen atoms in total. The molecular weight excluding hydrogens is 288 g/mol. The third-order valence-electron chi connectivity index (χ3n) is 4.14. The fraction of sp³-hybridized carbons (Fsp3) is 0.438. The average molecular weight is 307 g/mol. The summed E-state index contributed by atoms with van der Waals surface area (Å²) in [5, 5.41) is 9.41. The molecule has 0 unspecified atom stereocenters. The molecule has 1 aliphatic carbocycles. The van der Waals surface area contributed by atoms with Crippen molar-refractivity contribution in [3.63, 3.8) is 0 Å². The first-order chi connectivity index (χ1) is 10.1. The number of nitrogens with zero attached hydrogens (tertiary/aromatic N) is 2. The topological polar surface area (TPSA) is 43.8 Å². The highest BCUT2D eigenvalue weighted by atomic mass is 35.5. The Morgan fingerprint density at radius 1 is 1.24 bits per heavy atom. The van der Waals surface area contributed by atoms with Crippen LogP contribution in [0.25, 0.3) is 6.08 Å². The van der Waals surface area contributed by atoms with Gasteiger partial charge in [0, 0.05) is 54.6 Å². The molecule has 0 radical (unpaired) electrons. The van der Waals surface area contributed by atoms with E-state index in [-0.39, 0.29) is 0 Å². The van der Waals surface area contributed by atoms with E-state index in [1.165, 1.54) is 12.8 Å². The predicted molar refractivity (Wildman–Crippen MR) is 84.9 cm³/mol. The Kier molecular flexibility index (Phi) is 4.17. The number of halogens is 1. The van der Waals surface area contributed by atoms with Crippen molar-refractivity contribution < 1.29 is 9.90 Å². The molecule has 3 rings (SSSR count). The quantitative estimate of drug-likeness (QED) is 0.869. The smallest absolute Gasteiger partial charge is 0.328 e. The number of carboxylic acids is 1. The summed E-state index contributed by atoms with van der Waals surface area (Å²) in [4.78, 5) is 15.6. The molecule has 112 valence electrons. The summed E-state index contributed by atoms with van der Waals surface area (Å²) in [6, 6.07) is 6.54. The van der Waals surface area contributed by atoms with Crippen LogP contribution in [0.3, 0.4) is 0 Å². The third-order valence-corrected chi connectivity index (χ3v) is 4.47. The van der Waals surface area contributed by atoms with Gasteiger partial charge in [0.05, 0.1) is 0 Å². The second kappa shape index (κ2) is 6.08. The van der Waals surface area contributed by atoms with Gasteiger partial charge < -0.3 is 10.0 Å². The summed E-state index contributed by atoms with van der Waals surface area (Å²) >= 11 is 6.24. The van der Waals surface area contributed by atoms with Crippen LogP contribution in [-0.2, 0) is 4.79 Å². The summed E-state index contributed by atoms with van der Waals surface area (Å²) in [6.07, 6.45) is 5.41. The molecule has 2 fully saturated rings. The largest absolute Gasteiger partial charge is 0.478 e. The third kappa shape index (κ3) is 3.39. The minimum Gasteiger partial charge on any atom is -0.478 e. The highest BCUT2D eigenvalue weighted by Gasteiger charge is 2.31. The van der Waals surface area contributed by atoms with Gasteiger partial charge in [-0.25, -0.2) is 4.79 Å². The lowest BCUT2D eigenvalue weighted by molar-refractivity contribution is -0.131. The average Bonchev–Trinajstić information content (AvgIpc) is 3.30. The maximum absolute atomic E-state index is 10.7. The van der Waals surface area contributed by atoms with Crippen LogP contribution >= 0.6 is 11.6 Å². The van der Waals surface area contributed by atoms with Crippen molar-refractivity contribution in [3.05, 3.63) is 34.9 Å². The number of anilines is 1. The second-order valence-electron chi connectivity index (χ2n) is 5.60. The number of carboxylic acid groups (broad SMARTS) is 1. The van der Waals surface area contributed by atoms with Gasteiger partial charge in [0.2, 0.25) is 0 Å². The van der Waals surface area contributed by atoms with Gasteiger partial charge in [0.15, 0.2) is 0 Å². The Morgan fingerprint density at radius 2 is 1.95 bits per heavy atom. The number of carbonyl (C=O) groups is 1. The standard InChI is InChI=1S/C16H19ClN2O2/c17-14-2-1-3-15(13(14)6-7-16(20)21)19-10-8-18(9-11-19)12-4-5-12/h1-3,6-7,12H,4-5,8-11H2,(H,20,21). The zero-order chi connectivity index (χ0) is 14.8. The van der Waals surface area contributed by atoms with Crippen molar-refractivity contribution in [1.82, 2.24) is 4.90 Å². The van der Waals surface area contributed by atoms with E-state index in [1.54, 1.807) is 12.1 Å². The Morgan fingerprint density at radius 3 is 2.57 bits per heavy atom. The van der Waals surface area contributed by atoms with Crippen LogP contribution in [0, 0.1) is 0 Å². The fourth-order valence-corrected chi connectivity index (χ4v) is 3.12. The second-order valence-corrected chi connectivity index (χ2v) is 6.01. The molecule has 0 atom stereocenters. The maximum Gasteiger partial charge on any atom is 0.328 e. The zero-order valence-corrected chi connectivity index (χ0v) is 12.6. The van der Waals surface area contributed by atoms with Crippen LogP contribution in [0.15, 0.2) is 24.3 Å². The van der Waals surface area contributed by atoms with E-state index in [1.807, 2.05) is 12.1 Å². The van der Waals surface area contributed by atoms with Crippen LogP contribution in [0.5, 0.6) is 0 Å². The summed E-state index contributed by atoms with van der Waals surface area (Å²) in [5.41, 5.74) is 1.82. The van der Waals surface area contributed by atoms with E-state index in [4.69, 9.17) is 16.7 Å². The highest BCUT2D eigenvalue weighted by molar-refractivity contribution is 6.32. The molecule has 1 saturated carbocycles. The lowest BCUT2D eigenvalue weighted by Crippen LogP contribution is -2.47. The first-order valence-electron chi connectivity index (χ1n) is 7.33. The van der Waals surface area contributed by atoms with Crippen LogP contribution in [-0.4, -0.2) is 48.2 Å². The maximum atomic E-state index is 10.7. The van der Waals surface area contributed by atoms with Crippen molar-refractivity contribution in [2.24, 2.45) is 0 Å². The molecule has 5 heteroatoms. The van der Waals surface area contributed by atoms with Gasteiger partial charge in [-0.15, -0.1) is 0 Å². The van der Waals surface area contributed by atoms with Gasteiger partial charge in [-0.2, -0.15) is 0 Å². The summed E-state index contributed by atoms with van der Waals surface area (Å²) in [6.45, 7) is 4.06. The van der Waals surface area contributed by atoms with Gasteiger partial charge in [0.1, 0.15) is 0 Å². The number of aliphatic carboxylic acids is 1. The summed E-state index contributed by atoms with van der Waals surface area (Å²) in [7, 11) is 0. The minimum absolute atomic E-state index is 0.592. The fourth-order valence-electron chi connectivity index (χ4n) is 2.89. The van der Waals surface area contributed by atoms with Crippen molar-refractivity contribution in [3.8, 4) is 0 Å². The predicted octanol–water partition coefficient (Wildman–Crippen LogP) is 2.72. The molecule has 1 aromatic carbocycles. The van der Waals surface area contributed by atoms with E-state index in [2.05, 4.69) is 9.80 Å². The highest BCUT2D eigenvalue weighted by Crippen LogP contribution is 2.32. The number of benzene rings is 1. The lowest BCUT2D eigenvalue weighted by atomic mass is 10.1. The normalized spacial score (nSPS) is 20.1. The summed E-state index contributed by atoms with van der Waals surface area (Å²) < 4.78 is 0. The molecule has 2 aliphatic rings. The zero-order valence-electron chi connectivity index (χ0n) is 11.8. The first-order valence-corrected chi connectivity index (χ1v) is 7.71. The molecule has 0 aromatic heterocycles. The monoisotopic (exact) mass is 306 g/mol. The van der Waals surface area contributed by atoms with Crippen LogP contribution in [0.1, 0.15) is 18.4 Å². The molecule has 1 heterocycles. The number of rotatable bonds is 4. The van der Waals surface area contributed by atoms with E-state index >= 15 is 0 Å². The van der Waals surface area contributed by atoms with E-state index in [9.17, 15) is 4.79 Å². The first kappa shape index (κ1) is 14.4. The van der Waals surface area contributed by atoms with E-state index in [0.29, 0.717) is 5.02 Å². The molecule has 1 aliphatic heterocycles. The molecule has 21 heavy (non-hydrogen) atoms. The van der Waals surface area contributed by atoms with Crippen molar-refractivity contribution in [1.29, 1.82) is 0 Å². The summed E-state index contributed by atoms with van der Waals surface area (Å²) in [5.74, 6) is -0.959. The molecule has 1 saturated heterocycles. The van der Waals surface area contributed by atoms with Crippen LogP contribution in [0.2, 0.25) is 5.02 Å². The van der Waals surface area contributed by atoms with Crippen molar-refractivity contribution in [2.45, 2.75) is 18.9 Å². The minimum atomic E-state index is -0.959. The van der Waals surface area contributed by atoms with Gasteiger partial charge in [-0.1, -0.05) is 17.7 Å². The molecule has 0 bridgehead atoms. The lowest BCUT2D eigenvalue weighted by Gasteiger charge is -2.37. The van der Waals surface area contributed by atoms with Crippen molar-refractivity contribution >= 4 is 29.3 Å². The van der Waals surface area contributed by atoms with Gasteiger partial charge in [-0.3, -0.25) is 4.90 Å². The molecule has 1 aromatic rings. The Bertz CT molecular complexity index is 561.